The van der Waals surface area contributed by atoms with Gasteiger partial charge in [-0.05, 0) is 60.1 Å². The molecule has 0 aliphatic heterocycles. The fourth-order valence-corrected chi connectivity index (χ4v) is 3.87. The predicted molar refractivity (Wildman–Crippen MR) is 104 cm³/mol. The summed E-state index contributed by atoms with van der Waals surface area (Å²) in [6, 6.07) is 9.14. The van der Waals surface area contributed by atoms with E-state index in [1.807, 2.05) is 36.6 Å². The number of aromatic nitrogens is 1. The van der Waals surface area contributed by atoms with Crippen LogP contribution in [0, 0.1) is 0 Å². The zero-order valence-corrected chi connectivity index (χ0v) is 16.9. The molecule has 0 aliphatic carbocycles. The maximum atomic E-state index is 12.4. The van der Waals surface area contributed by atoms with Crippen LogP contribution in [-0.4, -0.2) is 30.3 Å². The average Bonchev–Trinajstić information content (AvgIpc) is 3.19. The SMILES string of the molecule is CCOCCn1c(=NC(=O)c2ccc(Br)o2)sc2cc(OCC)ccc21. The highest BCUT2D eigenvalue weighted by atomic mass is 79.9. The number of rotatable bonds is 7. The molecule has 0 saturated carbocycles. The first kappa shape index (κ1) is 18.9. The van der Waals surface area contributed by atoms with Gasteiger partial charge in [0.05, 0.1) is 23.4 Å². The van der Waals surface area contributed by atoms with E-state index < -0.39 is 5.91 Å². The van der Waals surface area contributed by atoms with Gasteiger partial charge in [0.15, 0.2) is 15.2 Å². The summed E-state index contributed by atoms with van der Waals surface area (Å²) in [6.07, 6.45) is 0. The molecule has 8 heteroatoms. The first-order valence-electron chi connectivity index (χ1n) is 8.30. The number of amides is 1. The highest BCUT2D eigenvalue weighted by molar-refractivity contribution is 9.10. The summed E-state index contributed by atoms with van der Waals surface area (Å²) in [5.41, 5.74) is 0.991. The molecule has 0 bridgehead atoms. The van der Waals surface area contributed by atoms with Crippen LogP contribution in [0.25, 0.3) is 10.2 Å². The number of thiazole rings is 1. The molecule has 0 N–H and O–H groups in total. The first-order chi connectivity index (χ1) is 12.6. The summed E-state index contributed by atoms with van der Waals surface area (Å²) < 4.78 is 19.8. The summed E-state index contributed by atoms with van der Waals surface area (Å²) in [5.74, 6) is 0.573. The second kappa shape index (κ2) is 8.66. The lowest BCUT2D eigenvalue weighted by Crippen LogP contribution is -2.19. The van der Waals surface area contributed by atoms with Crippen molar-refractivity contribution in [3.63, 3.8) is 0 Å². The Hall–Kier alpha value is -1.90. The Kier molecular flexibility index (Phi) is 6.29. The molecule has 2 aromatic heterocycles. The summed E-state index contributed by atoms with van der Waals surface area (Å²) in [7, 11) is 0. The van der Waals surface area contributed by atoms with Crippen LogP contribution in [0.1, 0.15) is 24.4 Å². The van der Waals surface area contributed by atoms with E-state index in [1.54, 1.807) is 12.1 Å². The van der Waals surface area contributed by atoms with Crippen LogP contribution in [0.15, 0.2) is 44.4 Å². The topological polar surface area (TPSA) is 66.0 Å². The van der Waals surface area contributed by atoms with Crippen molar-refractivity contribution in [1.82, 2.24) is 4.57 Å². The van der Waals surface area contributed by atoms with Crippen LogP contribution >= 0.6 is 27.3 Å². The lowest BCUT2D eigenvalue weighted by atomic mass is 10.3. The normalized spacial score (nSPS) is 12.0. The molecule has 2 heterocycles. The Morgan fingerprint density at radius 3 is 2.81 bits per heavy atom. The van der Waals surface area contributed by atoms with E-state index in [-0.39, 0.29) is 5.76 Å². The maximum absolute atomic E-state index is 12.4. The second-order valence-electron chi connectivity index (χ2n) is 5.32. The molecule has 6 nitrogen and oxygen atoms in total. The molecule has 0 radical (unpaired) electrons. The van der Waals surface area contributed by atoms with E-state index in [1.165, 1.54) is 11.3 Å². The van der Waals surface area contributed by atoms with E-state index in [4.69, 9.17) is 13.9 Å². The maximum Gasteiger partial charge on any atom is 0.315 e. The number of carbonyl (C=O) groups is 1. The van der Waals surface area contributed by atoms with E-state index in [0.29, 0.717) is 35.8 Å². The molecular weight excluding hydrogens is 420 g/mol. The molecular formula is C18H19BrN2O4S. The largest absolute Gasteiger partial charge is 0.494 e. The number of hydrogen-bond donors (Lipinski definition) is 0. The number of nitrogens with zero attached hydrogens (tertiary/aromatic N) is 2. The molecule has 138 valence electrons. The Morgan fingerprint density at radius 2 is 2.12 bits per heavy atom. The number of ether oxygens (including phenoxy) is 2. The van der Waals surface area contributed by atoms with Gasteiger partial charge in [-0.15, -0.1) is 0 Å². The highest BCUT2D eigenvalue weighted by Gasteiger charge is 2.12. The molecule has 0 aliphatic rings. The summed E-state index contributed by atoms with van der Waals surface area (Å²) >= 11 is 4.64. The Labute approximate surface area is 163 Å². The fourth-order valence-electron chi connectivity index (χ4n) is 2.48. The molecule has 0 fully saturated rings. The molecule has 3 rings (SSSR count). The average molecular weight is 439 g/mol. The highest BCUT2D eigenvalue weighted by Crippen LogP contribution is 2.23. The van der Waals surface area contributed by atoms with Gasteiger partial charge >= 0.3 is 5.91 Å². The number of furan rings is 1. The molecule has 3 aromatic rings. The molecule has 1 aromatic carbocycles. The van der Waals surface area contributed by atoms with E-state index in [0.717, 1.165) is 16.0 Å². The molecule has 26 heavy (non-hydrogen) atoms. The molecule has 0 spiro atoms. The monoisotopic (exact) mass is 438 g/mol. The van der Waals surface area contributed by atoms with E-state index in [9.17, 15) is 4.79 Å². The van der Waals surface area contributed by atoms with Gasteiger partial charge in [0, 0.05) is 13.2 Å². The van der Waals surface area contributed by atoms with Gasteiger partial charge in [-0.25, -0.2) is 0 Å². The zero-order chi connectivity index (χ0) is 18.5. The Morgan fingerprint density at radius 1 is 1.27 bits per heavy atom. The third-order valence-electron chi connectivity index (χ3n) is 3.61. The lowest BCUT2D eigenvalue weighted by Gasteiger charge is -2.06. The van der Waals surface area contributed by atoms with Crippen molar-refractivity contribution in [1.29, 1.82) is 0 Å². The quantitative estimate of drug-likeness (QED) is 0.517. The van der Waals surface area contributed by atoms with Crippen LogP contribution in [0.4, 0.5) is 0 Å². The number of benzene rings is 1. The van der Waals surface area contributed by atoms with E-state index >= 15 is 0 Å². The van der Waals surface area contributed by atoms with Crippen molar-refractivity contribution in [2.24, 2.45) is 4.99 Å². The van der Waals surface area contributed by atoms with Gasteiger partial charge in [-0.3, -0.25) is 4.79 Å². The Bertz CT molecular complexity index is 973. The number of fused-ring (bicyclic) bond motifs is 1. The molecule has 1 amide bonds. The second-order valence-corrected chi connectivity index (χ2v) is 7.11. The van der Waals surface area contributed by atoms with E-state index in [2.05, 4.69) is 20.9 Å². The van der Waals surface area contributed by atoms with Crippen molar-refractivity contribution >= 4 is 43.4 Å². The number of carbonyl (C=O) groups excluding carboxylic acids is 1. The lowest BCUT2D eigenvalue weighted by molar-refractivity contribution is 0.0969. The molecule has 0 atom stereocenters. The van der Waals surface area contributed by atoms with Gasteiger partial charge in [-0.1, -0.05) is 11.3 Å². The molecule has 0 saturated heterocycles. The van der Waals surface area contributed by atoms with Crippen molar-refractivity contribution in [3.05, 3.63) is 45.6 Å². The van der Waals surface area contributed by atoms with Gasteiger partial charge in [-0.2, -0.15) is 4.99 Å². The third-order valence-corrected chi connectivity index (χ3v) is 5.08. The van der Waals surface area contributed by atoms with Crippen LogP contribution in [0.2, 0.25) is 0 Å². The van der Waals surface area contributed by atoms with Crippen LogP contribution in [0.5, 0.6) is 5.75 Å². The van der Waals surface area contributed by atoms with Crippen molar-refractivity contribution in [2.45, 2.75) is 20.4 Å². The number of hydrogen-bond acceptors (Lipinski definition) is 5. The molecule has 0 unspecified atom stereocenters. The minimum atomic E-state index is -0.419. The standard InChI is InChI=1S/C18H19BrN2O4S/c1-3-23-10-9-21-13-6-5-12(24-4-2)11-15(13)26-18(21)20-17(22)14-7-8-16(19)25-14/h5-8,11H,3-4,9-10H2,1-2H3. The van der Waals surface area contributed by atoms with Crippen LogP contribution < -0.4 is 9.54 Å². The predicted octanol–water partition coefficient (Wildman–Crippen LogP) is 4.23. The van der Waals surface area contributed by atoms with Gasteiger partial charge < -0.3 is 18.5 Å². The summed E-state index contributed by atoms with van der Waals surface area (Å²) in [5, 5.41) is 0. The Balaban J connectivity index is 2.04. The first-order valence-corrected chi connectivity index (χ1v) is 9.91. The van der Waals surface area contributed by atoms with Gasteiger partial charge in [0.2, 0.25) is 0 Å². The smallest absolute Gasteiger partial charge is 0.315 e. The van der Waals surface area contributed by atoms with Crippen LogP contribution in [-0.2, 0) is 11.3 Å². The van der Waals surface area contributed by atoms with Gasteiger partial charge in [0.1, 0.15) is 5.75 Å². The fraction of sp³-hybridized carbons (Fsp3) is 0.333. The zero-order valence-electron chi connectivity index (χ0n) is 14.5. The summed E-state index contributed by atoms with van der Waals surface area (Å²) in [6.45, 7) is 6.29. The third kappa shape index (κ3) is 4.25. The van der Waals surface area contributed by atoms with Gasteiger partial charge in [0.25, 0.3) is 0 Å². The van der Waals surface area contributed by atoms with Crippen molar-refractivity contribution < 1.29 is 18.7 Å². The number of halogens is 1. The van der Waals surface area contributed by atoms with Crippen molar-refractivity contribution in [2.75, 3.05) is 19.8 Å². The van der Waals surface area contributed by atoms with Crippen molar-refractivity contribution in [3.8, 4) is 5.75 Å². The summed E-state index contributed by atoms with van der Waals surface area (Å²) in [4.78, 5) is 17.3. The minimum absolute atomic E-state index is 0.195. The minimum Gasteiger partial charge on any atom is -0.494 e. The van der Waals surface area contributed by atoms with Crippen LogP contribution in [0.3, 0.4) is 0 Å².